The molecule has 6 aromatic rings. The quantitative estimate of drug-likeness (QED) is 0.195. The Morgan fingerprint density at radius 2 is 1.20 bits per heavy atom. The summed E-state index contributed by atoms with van der Waals surface area (Å²) in [5.74, 6) is 0.640. The van der Waals surface area contributed by atoms with Gasteiger partial charge >= 0.3 is 0 Å². The molecule has 2 aliphatic rings. The van der Waals surface area contributed by atoms with Gasteiger partial charge in [0, 0.05) is 22.4 Å². The van der Waals surface area contributed by atoms with Crippen LogP contribution in [0.4, 0.5) is 17.1 Å². The molecule has 6 aromatic carbocycles. The summed E-state index contributed by atoms with van der Waals surface area (Å²) in [5, 5.41) is 2.52. The number of hydrogen-bond acceptors (Lipinski definition) is 1. The topological polar surface area (TPSA) is 3.24 Å². The van der Waals surface area contributed by atoms with Crippen LogP contribution in [0.2, 0.25) is 0 Å². The largest absolute Gasteiger partial charge is 0.310 e. The summed E-state index contributed by atoms with van der Waals surface area (Å²) in [6, 6.07) is 48.0. The van der Waals surface area contributed by atoms with Crippen LogP contribution in [-0.4, -0.2) is 0 Å². The summed E-state index contributed by atoms with van der Waals surface area (Å²) in [6.45, 7) is 6.99. The van der Waals surface area contributed by atoms with Gasteiger partial charge in [0.1, 0.15) is 0 Å². The summed E-state index contributed by atoms with van der Waals surface area (Å²) in [4.78, 5) is 2.54. The third-order valence-electron chi connectivity index (χ3n) is 10.6. The molecule has 1 saturated carbocycles. The normalized spacial score (nSPS) is 15.5. The van der Waals surface area contributed by atoms with Gasteiger partial charge in [-0.3, -0.25) is 0 Å². The fourth-order valence-electron chi connectivity index (χ4n) is 8.12. The van der Waals surface area contributed by atoms with E-state index >= 15 is 0 Å². The second-order valence-corrected chi connectivity index (χ2v) is 13.7. The second kappa shape index (κ2) is 11.1. The lowest BCUT2D eigenvalue weighted by Crippen LogP contribution is -2.17. The molecule has 0 radical (unpaired) electrons. The van der Waals surface area contributed by atoms with Gasteiger partial charge in [-0.15, -0.1) is 0 Å². The molecule has 2 aliphatic carbocycles. The number of aryl methyl sites for hydroxylation is 1. The fraction of sp³-hybridized carbons (Fsp3) is 0.227. The third-order valence-corrected chi connectivity index (χ3v) is 10.6. The molecule has 0 bridgehead atoms. The van der Waals surface area contributed by atoms with Gasteiger partial charge in [0.05, 0.1) is 5.69 Å². The van der Waals surface area contributed by atoms with E-state index in [1.807, 2.05) is 0 Å². The van der Waals surface area contributed by atoms with Gasteiger partial charge < -0.3 is 4.90 Å². The third kappa shape index (κ3) is 4.77. The fourth-order valence-corrected chi connectivity index (χ4v) is 8.12. The number of rotatable bonds is 5. The molecule has 0 aliphatic heterocycles. The second-order valence-electron chi connectivity index (χ2n) is 13.7. The molecule has 0 amide bonds. The lowest BCUT2D eigenvalue weighted by atomic mass is 9.82. The monoisotopic (exact) mass is 583 g/mol. The Labute approximate surface area is 268 Å². The van der Waals surface area contributed by atoms with Crippen LogP contribution in [0, 0.1) is 6.92 Å². The predicted octanol–water partition coefficient (Wildman–Crippen LogP) is 12.6. The highest BCUT2D eigenvalue weighted by molar-refractivity contribution is 5.99. The van der Waals surface area contributed by atoms with Gasteiger partial charge in [0.15, 0.2) is 0 Å². The van der Waals surface area contributed by atoms with Crippen molar-refractivity contribution in [3.8, 4) is 22.3 Å². The van der Waals surface area contributed by atoms with Gasteiger partial charge in [0.25, 0.3) is 0 Å². The minimum atomic E-state index is -0.0697. The van der Waals surface area contributed by atoms with Crippen molar-refractivity contribution in [1.82, 2.24) is 0 Å². The summed E-state index contributed by atoms with van der Waals surface area (Å²) < 4.78 is 0. The SMILES string of the molecule is Cc1ccccc1-c1cc2ccccc2cc1N(c1cccc(C2CCCCC2)c1)c1ccc2c(c1)C(C)(C)c1ccccc1-2. The molecular weight excluding hydrogens is 542 g/mol. The van der Waals surface area contributed by atoms with Crippen LogP contribution in [0.15, 0.2) is 127 Å². The van der Waals surface area contributed by atoms with Gasteiger partial charge in [-0.05, 0) is 112 Å². The maximum atomic E-state index is 2.54. The van der Waals surface area contributed by atoms with Crippen molar-refractivity contribution in [1.29, 1.82) is 0 Å². The predicted molar refractivity (Wildman–Crippen MR) is 192 cm³/mol. The molecule has 222 valence electrons. The summed E-state index contributed by atoms with van der Waals surface area (Å²) in [7, 11) is 0. The van der Waals surface area contributed by atoms with E-state index < -0.39 is 0 Å². The molecule has 0 spiro atoms. The lowest BCUT2D eigenvalue weighted by Gasteiger charge is -2.31. The first-order valence-corrected chi connectivity index (χ1v) is 16.7. The minimum Gasteiger partial charge on any atom is -0.310 e. The van der Waals surface area contributed by atoms with Crippen LogP contribution in [-0.2, 0) is 5.41 Å². The lowest BCUT2D eigenvalue weighted by molar-refractivity contribution is 0.443. The Bertz CT molecular complexity index is 2040. The Balaban J connectivity index is 1.39. The first kappa shape index (κ1) is 27.9. The molecular formula is C44H41N. The summed E-state index contributed by atoms with van der Waals surface area (Å²) in [6.07, 6.45) is 6.62. The molecule has 1 nitrogen and oxygen atoms in total. The first-order valence-electron chi connectivity index (χ1n) is 16.7. The van der Waals surface area contributed by atoms with Crippen molar-refractivity contribution in [2.75, 3.05) is 4.90 Å². The standard InChI is InChI=1S/C44H41N/c1-30-14-7-10-21-37(30)40-27-33-17-8-9-18-34(33)28-43(40)45(35-20-13-19-32(26-35)31-15-5-4-6-16-31)36-24-25-39-38-22-11-12-23-41(38)44(2,3)42(39)29-36/h7-14,17-29,31H,4-6,15-16H2,1-3H3. The van der Waals surface area contributed by atoms with Crippen molar-refractivity contribution >= 4 is 27.8 Å². The van der Waals surface area contributed by atoms with Crippen LogP contribution in [0.25, 0.3) is 33.0 Å². The van der Waals surface area contributed by atoms with E-state index in [-0.39, 0.29) is 5.41 Å². The van der Waals surface area contributed by atoms with Crippen molar-refractivity contribution in [2.24, 2.45) is 0 Å². The highest BCUT2D eigenvalue weighted by atomic mass is 15.1. The average Bonchev–Trinajstić information content (AvgIpc) is 3.31. The molecule has 0 saturated heterocycles. The highest BCUT2D eigenvalue weighted by Crippen LogP contribution is 2.52. The van der Waals surface area contributed by atoms with Crippen molar-refractivity contribution < 1.29 is 0 Å². The summed E-state index contributed by atoms with van der Waals surface area (Å²) in [5.41, 5.74) is 14.4. The first-order chi connectivity index (χ1) is 22.0. The van der Waals surface area contributed by atoms with E-state index in [0.29, 0.717) is 5.92 Å². The van der Waals surface area contributed by atoms with Gasteiger partial charge in [0.2, 0.25) is 0 Å². The van der Waals surface area contributed by atoms with Gasteiger partial charge in [-0.1, -0.05) is 124 Å². The number of benzene rings is 6. The van der Waals surface area contributed by atoms with Crippen molar-refractivity contribution in [3.05, 3.63) is 150 Å². The van der Waals surface area contributed by atoms with E-state index in [9.17, 15) is 0 Å². The molecule has 0 N–H and O–H groups in total. The molecule has 0 unspecified atom stereocenters. The van der Waals surface area contributed by atoms with E-state index in [1.165, 1.54) is 104 Å². The minimum absolute atomic E-state index is 0.0697. The average molecular weight is 584 g/mol. The zero-order chi connectivity index (χ0) is 30.5. The van der Waals surface area contributed by atoms with Crippen molar-refractivity contribution in [2.45, 2.75) is 64.2 Å². The van der Waals surface area contributed by atoms with E-state index in [0.717, 1.165) is 0 Å². The van der Waals surface area contributed by atoms with Crippen LogP contribution in [0.3, 0.4) is 0 Å². The number of anilines is 3. The molecule has 0 atom stereocenters. The maximum absolute atomic E-state index is 2.54. The van der Waals surface area contributed by atoms with Crippen LogP contribution in [0.1, 0.15) is 74.1 Å². The molecule has 1 fully saturated rings. The van der Waals surface area contributed by atoms with Crippen LogP contribution < -0.4 is 4.90 Å². The van der Waals surface area contributed by atoms with E-state index in [1.54, 1.807) is 0 Å². The van der Waals surface area contributed by atoms with Crippen LogP contribution in [0.5, 0.6) is 0 Å². The molecule has 0 heterocycles. The van der Waals surface area contributed by atoms with E-state index in [4.69, 9.17) is 0 Å². The Hall–Kier alpha value is -4.62. The summed E-state index contributed by atoms with van der Waals surface area (Å²) >= 11 is 0. The van der Waals surface area contributed by atoms with Gasteiger partial charge in [-0.25, -0.2) is 0 Å². The maximum Gasteiger partial charge on any atom is 0.0546 e. The zero-order valence-corrected chi connectivity index (χ0v) is 26.7. The Morgan fingerprint density at radius 1 is 0.533 bits per heavy atom. The van der Waals surface area contributed by atoms with Gasteiger partial charge in [-0.2, -0.15) is 0 Å². The molecule has 45 heavy (non-hydrogen) atoms. The Kier molecular flexibility index (Phi) is 6.86. The number of hydrogen-bond donors (Lipinski definition) is 0. The number of fused-ring (bicyclic) bond motifs is 4. The smallest absolute Gasteiger partial charge is 0.0546 e. The zero-order valence-electron chi connectivity index (χ0n) is 26.7. The van der Waals surface area contributed by atoms with Crippen molar-refractivity contribution in [3.63, 3.8) is 0 Å². The number of nitrogens with zero attached hydrogens (tertiary/aromatic N) is 1. The highest BCUT2D eigenvalue weighted by Gasteiger charge is 2.36. The van der Waals surface area contributed by atoms with E-state index in [2.05, 4.69) is 153 Å². The Morgan fingerprint density at radius 3 is 2.00 bits per heavy atom. The molecule has 1 heteroatoms. The molecule has 0 aromatic heterocycles. The van der Waals surface area contributed by atoms with Crippen LogP contribution >= 0.6 is 0 Å². The molecule has 8 rings (SSSR count).